The Morgan fingerprint density at radius 2 is 1.94 bits per heavy atom. The number of ether oxygens (including phenoxy) is 2. The molecule has 7 heteroatoms. The quantitative estimate of drug-likeness (QED) is 0.288. The van der Waals surface area contributed by atoms with E-state index in [4.69, 9.17) is 15.2 Å². The van der Waals surface area contributed by atoms with Gasteiger partial charge in [-0.2, -0.15) is 0 Å². The van der Waals surface area contributed by atoms with Crippen LogP contribution in [0.15, 0.2) is 18.2 Å². The Labute approximate surface area is 209 Å². The largest absolute Gasteiger partial charge is 0.482 e. The average Bonchev–Trinajstić information content (AvgIpc) is 3.11. The summed E-state index contributed by atoms with van der Waals surface area (Å²) in [5.41, 5.74) is 7.61. The van der Waals surface area contributed by atoms with Crippen LogP contribution >= 0.6 is 0 Å². The van der Waals surface area contributed by atoms with Gasteiger partial charge in [0, 0.05) is 0 Å². The fourth-order valence-electron chi connectivity index (χ4n) is 5.93. The van der Waals surface area contributed by atoms with Gasteiger partial charge in [-0.05, 0) is 79.4 Å². The summed E-state index contributed by atoms with van der Waals surface area (Å²) in [6.45, 7) is 5.41. The van der Waals surface area contributed by atoms with Crippen LogP contribution in [0.4, 0.5) is 0 Å². The molecule has 1 amide bonds. The van der Waals surface area contributed by atoms with Crippen molar-refractivity contribution in [1.29, 1.82) is 0 Å². The number of amides is 1. The lowest BCUT2D eigenvalue weighted by atomic mass is 9.73. The minimum Gasteiger partial charge on any atom is -0.482 e. The topological polar surface area (TPSA) is 119 Å². The van der Waals surface area contributed by atoms with Crippen LogP contribution in [0, 0.1) is 23.7 Å². The van der Waals surface area contributed by atoms with Gasteiger partial charge < -0.3 is 25.4 Å². The Hall–Kier alpha value is -2.12. The molecule has 0 radical (unpaired) electrons. The molecule has 0 saturated heterocycles. The molecule has 3 rings (SSSR count). The summed E-state index contributed by atoms with van der Waals surface area (Å²) in [7, 11) is 0. The lowest BCUT2D eigenvalue weighted by molar-refractivity contribution is -0.159. The van der Waals surface area contributed by atoms with Crippen LogP contribution in [0.5, 0.6) is 5.75 Å². The van der Waals surface area contributed by atoms with E-state index >= 15 is 0 Å². The first-order valence-corrected chi connectivity index (χ1v) is 13.3. The fourth-order valence-corrected chi connectivity index (χ4v) is 5.93. The molecule has 196 valence electrons. The molecule has 0 spiro atoms. The number of carbonyl (C=O) groups is 2. The van der Waals surface area contributed by atoms with E-state index in [1.807, 2.05) is 12.1 Å². The van der Waals surface area contributed by atoms with E-state index in [0.717, 1.165) is 63.4 Å². The average molecular weight is 490 g/mol. The standard InChI is InChI=1S/C28H43NO6/c1-4-5-6-9-20(30)11-12-21-22-13-18-8-7-10-25(23(18)14-19(22)15-24(21)31)34-16-26(32)35-27(17(2)3)28(29)33/h7-8,10,17,19-22,24,27,30-31H,4-6,9,11-16H2,1-3H3,(H2,29,33)/t19-,20-,21+,22-,24+,27?/m0/s1. The van der Waals surface area contributed by atoms with Crippen LogP contribution < -0.4 is 10.5 Å². The van der Waals surface area contributed by atoms with Gasteiger partial charge in [0.15, 0.2) is 12.7 Å². The first-order chi connectivity index (χ1) is 16.7. The third-order valence-corrected chi connectivity index (χ3v) is 7.81. The smallest absolute Gasteiger partial charge is 0.344 e. The number of primary amides is 1. The first kappa shape index (κ1) is 27.5. The van der Waals surface area contributed by atoms with E-state index in [1.165, 1.54) is 5.56 Å². The molecule has 1 saturated carbocycles. The minimum absolute atomic E-state index is 0.204. The Morgan fingerprint density at radius 3 is 2.63 bits per heavy atom. The molecule has 2 aliphatic carbocycles. The van der Waals surface area contributed by atoms with Gasteiger partial charge in [-0.1, -0.05) is 52.2 Å². The molecule has 0 heterocycles. The predicted octanol–water partition coefficient (Wildman–Crippen LogP) is 3.55. The van der Waals surface area contributed by atoms with E-state index < -0.39 is 18.0 Å². The van der Waals surface area contributed by atoms with E-state index in [0.29, 0.717) is 17.6 Å². The fraction of sp³-hybridized carbons (Fsp3) is 0.714. The highest BCUT2D eigenvalue weighted by atomic mass is 16.6. The first-order valence-electron chi connectivity index (χ1n) is 13.3. The van der Waals surface area contributed by atoms with Crippen LogP contribution in [0.2, 0.25) is 0 Å². The van der Waals surface area contributed by atoms with E-state index in [2.05, 4.69) is 13.0 Å². The van der Waals surface area contributed by atoms with Crippen molar-refractivity contribution in [2.75, 3.05) is 6.61 Å². The molecule has 1 aromatic carbocycles. The van der Waals surface area contributed by atoms with Gasteiger partial charge in [-0.15, -0.1) is 0 Å². The number of fused-ring (bicyclic) bond motifs is 2. The lowest BCUT2D eigenvalue weighted by Gasteiger charge is -2.32. The normalized spacial score (nSPS) is 25.0. The summed E-state index contributed by atoms with van der Waals surface area (Å²) in [6.07, 6.45) is 6.61. The summed E-state index contributed by atoms with van der Waals surface area (Å²) < 4.78 is 11.1. The molecule has 4 N–H and O–H groups in total. The number of hydrogen-bond acceptors (Lipinski definition) is 6. The van der Waals surface area contributed by atoms with Gasteiger partial charge in [0.25, 0.3) is 5.91 Å². The Balaban J connectivity index is 1.59. The minimum atomic E-state index is -0.974. The van der Waals surface area contributed by atoms with Gasteiger partial charge in [0.05, 0.1) is 12.2 Å². The van der Waals surface area contributed by atoms with Crippen molar-refractivity contribution in [3.8, 4) is 5.75 Å². The van der Waals surface area contributed by atoms with E-state index in [9.17, 15) is 19.8 Å². The molecule has 6 atom stereocenters. The Bertz CT molecular complexity index is 856. The SMILES string of the molecule is CCCCC[C@H](O)CC[C@@H]1[C@H]2Cc3cccc(OCC(=O)OC(C(N)=O)C(C)C)c3C[C@H]2C[C@H]1O. The number of carbonyl (C=O) groups excluding carboxylic acids is 2. The van der Waals surface area contributed by atoms with E-state index in [-0.39, 0.29) is 30.7 Å². The summed E-state index contributed by atoms with van der Waals surface area (Å²) in [5.74, 6) is 0.108. The summed E-state index contributed by atoms with van der Waals surface area (Å²) in [6, 6.07) is 5.88. The molecule has 0 bridgehead atoms. The second-order valence-corrected chi connectivity index (χ2v) is 10.8. The van der Waals surface area contributed by atoms with Crippen molar-refractivity contribution in [2.24, 2.45) is 29.4 Å². The number of aliphatic hydroxyl groups excluding tert-OH is 2. The van der Waals surface area contributed by atoms with Gasteiger partial charge in [-0.3, -0.25) is 4.79 Å². The maximum Gasteiger partial charge on any atom is 0.344 e. The zero-order chi connectivity index (χ0) is 25.5. The van der Waals surface area contributed by atoms with Crippen molar-refractivity contribution in [3.05, 3.63) is 29.3 Å². The molecular weight excluding hydrogens is 446 g/mol. The van der Waals surface area contributed by atoms with Crippen LogP contribution in [-0.4, -0.2) is 47.0 Å². The van der Waals surface area contributed by atoms with Crippen molar-refractivity contribution in [2.45, 2.75) is 96.9 Å². The molecular formula is C28H43NO6. The number of rotatable bonds is 13. The maximum absolute atomic E-state index is 12.3. The van der Waals surface area contributed by atoms with Crippen molar-refractivity contribution >= 4 is 11.9 Å². The lowest BCUT2D eigenvalue weighted by Crippen LogP contribution is -2.38. The zero-order valence-corrected chi connectivity index (χ0v) is 21.4. The molecule has 7 nitrogen and oxygen atoms in total. The van der Waals surface area contributed by atoms with Gasteiger partial charge >= 0.3 is 5.97 Å². The highest BCUT2D eigenvalue weighted by Crippen LogP contribution is 2.48. The van der Waals surface area contributed by atoms with Gasteiger partial charge in [0.1, 0.15) is 5.75 Å². The Kier molecular flexibility index (Phi) is 9.99. The summed E-state index contributed by atoms with van der Waals surface area (Å²) in [5, 5.41) is 21.2. The molecule has 1 unspecified atom stereocenters. The van der Waals surface area contributed by atoms with Crippen molar-refractivity contribution < 1.29 is 29.3 Å². The molecule has 1 fully saturated rings. The third kappa shape index (κ3) is 7.20. The molecule has 2 aliphatic rings. The van der Waals surface area contributed by atoms with Gasteiger partial charge in [-0.25, -0.2) is 4.79 Å². The molecule has 0 aliphatic heterocycles. The highest BCUT2D eigenvalue weighted by Gasteiger charge is 2.44. The molecule has 0 aromatic heterocycles. The van der Waals surface area contributed by atoms with Crippen LogP contribution in [-0.2, 0) is 27.2 Å². The monoisotopic (exact) mass is 489 g/mol. The predicted molar refractivity (Wildman–Crippen MR) is 134 cm³/mol. The second-order valence-electron chi connectivity index (χ2n) is 10.8. The Morgan fingerprint density at radius 1 is 1.17 bits per heavy atom. The van der Waals surface area contributed by atoms with E-state index in [1.54, 1.807) is 13.8 Å². The molecule has 1 aromatic rings. The number of esters is 1. The second kappa shape index (κ2) is 12.7. The number of hydrogen-bond donors (Lipinski definition) is 3. The van der Waals surface area contributed by atoms with Gasteiger partial charge in [0.2, 0.25) is 0 Å². The highest BCUT2D eigenvalue weighted by molar-refractivity contribution is 5.82. The third-order valence-electron chi connectivity index (χ3n) is 7.81. The number of nitrogens with two attached hydrogens (primary N) is 1. The summed E-state index contributed by atoms with van der Waals surface area (Å²) >= 11 is 0. The number of benzene rings is 1. The zero-order valence-electron chi connectivity index (χ0n) is 21.4. The van der Waals surface area contributed by atoms with Crippen LogP contribution in [0.3, 0.4) is 0 Å². The maximum atomic E-state index is 12.3. The van der Waals surface area contributed by atoms with Crippen molar-refractivity contribution in [1.82, 2.24) is 0 Å². The number of aliphatic hydroxyl groups is 2. The van der Waals surface area contributed by atoms with Crippen molar-refractivity contribution in [3.63, 3.8) is 0 Å². The van der Waals surface area contributed by atoms with Crippen LogP contribution in [0.25, 0.3) is 0 Å². The van der Waals surface area contributed by atoms with Crippen LogP contribution in [0.1, 0.15) is 76.8 Å². The molecule has 35 heavy (non-hydrogen) atoms. The summed E-state index contributed by atoms with van der Waals surface area (Å²) in [4.78, 5) is 23.8. The number of unbranched alkanes of at least 4 members (excludes halogenated alkanes) is 2.